The Hall–Kier alpha value is -4.02. The minimum atomic E-state index is -1.98. The molecular weight excluding hydrogens is 600 g/mol. The van der Waals surface area contributed by atoms with Crippen LogP contribution >= 0.6 is 0 Å². The fourth-order valence-corrected chi connectivity index (χ4v) is 11.1. The summed E-state index contributed by atoms with van der Waals surface area (Å²) in [6.45, 7) is 11.6. The van der Waals surface area contributed by atoms with Gasteiger partial charge in [-0.3, -0.25) is 4.79 Å². The maximum atomic E-state index is 13.6. The number of amides is 3. The predicted octanol–water partition coefficient (Wildman–Crippen LogP) is 6.50. The number of methoxy groups -OCH3 is 1. The first kappa shape index (κ1) is 33.3. The summed E-state index contributed by atoms with van der Waals surface area (Å²) < 4.78 is 17.6. The zero-order valence-corrected chi connectivity index (χ0v) is 28.1. The normalized spacial score (nSPS) is 27.6. The van der Waals surface area contributed by atoms with Crippen molar-refractivity contribution in [2.45, 2.75) is 57.0 Å². The predicted molar refractivity (Wildman–Crippen MR) is 178 cm³/mol. The number of hydrogen-bond donors (Lipinski definition) is 0. The summed E-state index contributed by atoms with van der Waals surface area (Å²) >= 11 is 0. The highest BCUT2D eigenvalue weighted by Crippen LogP contribution is 2.68. The smallest absolute Gasteiger partial charge is 0.421 e. The Morgan fingerprint density at radius 2 is 1.72 bits per heavy atom. The molecule has 0 aromatic heterocycles. The van der Waals surface area contributed by atoms with E-state index in [1.54, 1.807) is 29.2 Å². The number of carbonyl (C=O) groups is 4. The Labute approximate surface area is 272 Å². The standard InChI is InChI=1S/C36H44N2O7Si/c1-6-35-23-37(33(41)43-5)31-27(22-45-46(7-2,8-3)9-4)28(35)19-20-36(24-39,32(31)35)29-17-13-14-18-30(29)38(25-40)34(42)44-21-26-15-11-10-12-16-26/h6,10-20,24-25,27-28,31-32H,1,7-9,21-23H2,2-5H3/t27-,28+,31+,32-,35-,36+/m0/s1. The van der Waals surface area contributed by atoms with Crippen LogP contribution < -0.4 is 4.90 Å². The van der Waals surface area contributed by atoms with E-state index in [1.807, 2.05) is 42.5 Å². The molecule has 0 unspecified atom stereocenters. The Balaban J connectivity index is 1.58. The van der Waals surface area contributed by atoms with Gasteiger partial charge in [0, 0.05) is 36.4 Å². The lowest BCUT2D eigenvalue weighted by atomic mass is 9.56. The second-order valence-electron chi connectivity index (χ2n) is 12.6. The molecule has 5 rings (SSSR count). The van der Waals surface area contributed by atoms with E-state index in [1.165, 1.54) is 7.11 Å². The number of carbonyl (C=O) groups excluding carboxylic acids is 4. The second kappa shape index (κ2) is 13.4. The van der Waals surface area contributed by atoms with E-state index in [0.717, 1.165) is 34.9 Å². The maximum absolute atomic E-state index is 13.6. The SMILES string of the molecule is C=C[C@]12CN(C(=O)OC)[C@@H]3[C@@H](CO[Si](CC)(CC)CC)[C@H]1C=C[C@@](C=O)(c1ccccc1N(C=O)C(=O)OCc1ccccc1)[C@@H]32. The molecule has 3 amide bonds. The molecule has 10 heteroatoms. The first-order chi connectivity index (χ1) is 22.2. The summed E-state index contributed by atoms with van der Waals surface area (Å²) in [6, 6.07) is 18.6. The number of benzene rings is 2. The number of allylic oxidation sites excluding steroid dienone is 2. The van der Waals surface area contributed by atoms with Crippen molar-refractivity contribution in [1.82, 2.24) is 4.90 Å². The third-order valence-electron chi connectivity index (χ3n) is 11.0. The van der Waals surface area contributed by atoms with Crippen LogP contribution in [0.2, 0.25) is 18.1 Å². The molecule has 2 aromatic rings. The van der Waals surface area contributed by atoms with Crippen molar-refractivity contribution in [1.29, 1.82) is 0 Å². The molecule has 9 nitrogen and oxygen atoms in total. The number of para-hydroxylation sites is 1. The molecule has 6 atom stereocenters. The van der Waals surface area contributed by atoms with Crippen molar-refractivity contribution in [3.63, 3.8) is 0 Å². The van der Waals surface area contributed by atoms with Gasteiger partial charge in [-0.05, 0) is 41.2 Å². The summed E-state index contributed by atoms with van der Waals surface area (Å²) in [5.41, 5.74) is -0.502. The highest BCUT2D eigenvalue weighted by molar-refractivity contribution is 6.73. The number of piperidine rings is 1. The van der Waals surface area contributed by atoms with Crippen LogP contribution in [0.4, 0.5) is 15.3 Å². The molecule has 1 heterocycles. The van der Waals surface area contributed by atoms with E-state index in [0.29, 0.717) is 25.1 Å². The fraction of sp³-hybridized carbons (Fsp3) is 0.444. The average Bonchev–Trinajstić information content (AvgIpc) is 3.54. The molecule has 1 saturated carbocycles. The minimum absolute atomic E-state index is 0.0231. The third kappa shape index (κ3) is 5.21. The highest BCUT2D eigenvalue weighted by atomic mass is 28.4. The van der Waals surface area contributed by atoms with Crippen molar-refractivity contribution < 1.29 is 33.1 Å². The van der Waals surface area contributed by atoms with Crippen LogP contribution in [-0.2, 0) is 35.5 Å². The highest BCUT2D eigenvalue weighted by Gasteiger charge is 2.73. The molecule has 0 spiro atoms. The number of imide groups is 1. The van der Waals surface area contributed by atoms with Crippen LogP contribution in [0.3, 0.4) is 0 Å². The summed E-state index contributed by atoms with van der Waals surface area (Å²) in [4.78, 5) is 55.5. The average molecular weight is 645 g/mol. The molecule has 1 aliphatic heterocycles. The zero-order valence-electron chi connectivity index (χ0n) is 27.1. The Bertz CT molecular complexity index is 1490. The Morgan fingerprint density at radius 1 is 1.04 bits per heavy atom. The van der Waals surface area contributed by atoms with Gasteiger partial charge < -0.3 is 23.6 Å². The van der Waals surface area contributed by atoms with Gasteiger partial charge in [0.05, 0.1) is 18.2 Å². The molecule has 0 radical (unpaired) electrons. The molecule has 2 aliphatic carbocycles. The molecule has 46 heavy (non-hydrogen) atoms. The molecule has 244 valence electrons. The van der Waals surface area contributed by atoms with Crippen LogP contribution in [0.15, 0.2) is 79.4 Å². The second-order valence-corrected chi connectivity index (χ2v) is 17.3. The van der Waals surface area contributed by atoms with E-state index in [-0.39, 0.29) is 24.1 Å². The van der Waals surface area contributed by atoms with Crippen molar-refractivity contribution in [3.05, 3.63) is 90.5 Å². The molecule has 2 fully saturated rings. The molecule has 0 N–H and O–H groups in total. The van der Waals surface area contributed by atoms with Crippen molar-refractivity contribution in [2.24, 2.45) is 23.2 Å². The van der Waals surface area contributed by atoms with E-state index in [9.17, 15) is 19.2 Å². The Kier molecular flexibility index (Phi) is 9.69. The van der Waals surface area contributed by atoms with Crippen molar-refractivity contribution in [2.75, 3.05) is 25.2 Å². The fourth-order valence-electron chi connectivity index (χ4n) is 8.45. The van der Waals surface area contributed by atoms with Crippen LogP contribution in [-0.4, -0.2) is 64.4 Å². The number of nitrogens with zero attached hydrogens (tertiary/aromatic N) is 2. The lowest BCUT2D eigenvalue weighted by molar-refractivity contribution is -0.114. The lowest BCUT2D eigenvalue weighted by Gasteiger charge is -2.46. The lowest BCUT2D eigenvalue weighted by Crippen LogP contribution is -2.50. The summed E-state index contributed by atoms with van der Waals surface area (Å²) in [6.07, 6.45) is 5.82. The first-order valence-corrected chi connectivity index (χ1v) is 18.6. The maximum Gasteiger partial charge on any atom is 0.421 e. The van der Waals surface area contributed by atoms with E-state index in [4.69, 9.17) is 13.9 Å². The van der Waals surface area contributed by atoms with Crippen molar-refractivity contribution in [3.8, 4) is 0 Å². The van der Waals surface area contributed by atoms with Crippen molar-refractivity contribution >= 4 is 38.9 Å². The van der Waals surface area contributed by atoms with Crippen LogP contribution in [0.5, 0.6) is 0 Å². The largest absolute Gasteiger partial charge is 0.453 e. The van der Waals surface area contributed by atoms with Gasteiger partial charge in [-0.1, -0.05) is 87.5 Å². The number of ether oxygens (including phenoxy) is 2. The van der Waals surface area contributed by atoms with Gasteiger partial charge in [0.2, 0.25) is 6.41 Å². The Morgan fingerprint density at radius 3 is 2.33 bits per heavy atom. The van der Waals surface area contributed by atoms with Gasteiger partial charge in [0.15, 0.2) is 8.32 Å². The van der Waals surface area contributed by atoms with Gasteiger partial charge in [0.25, 0.3) is 0 Å². The van der Waals surface area contributed by atoms with Crippen LogP contribution in [0.1, 0.15) is 31.9 Å². The van der Waals surface area contributed by atoms with Crippen LogP contribution in [0.25, 0.3) is 0 Å². The van der Waals surface area contributed by atoms with Gasteiger partial charge >= 0.3 is 12.2 Å². The molecular formula is C36H44N2O7Si. The number of rotatable bonds is 13. The minimum Gasteiger partial charge on any atom is -0.453 e. The number of anilines is 1. The molecule has 4 bridgehead atoms. The summed E-state index contributed by atoms with van der Waals surface area (Å²) in [7, 11) is -0.621. The first-order valence-electron chi connectivity index (χ1n) is 16.1. The van der Waals surface area contributed by atoms with E-state index < -0.39 is 43.3 Å². The molecule has 3 aliphatic rings. The quantitative estimate of drug-likeness (QED) is 0.139. The van der Waals surface area contributed by atoms with Gasteiger partial charge in [0.1, 0.15) is 12.9 Å². The van der Waals surface area contributed by atoms with Gasteiger partial charge in [-0.25, -0.2) is 14.5 Å². The zero-order chi connectivity index (χ0) is 33.1. The van der Waals surface area contributed by atoms with Gasteiger partial charge in [-0.2, -0.15) is 0 Å². The number of likely N-dealkylation sites (tertiary alicyclic amines) is 1. The number of aldehydes is 1. The summed E-state index contributed by atoms with van der Waals surface area (Å²) in [5.74, 6) is -0.597. The van der Waals surface area contributed by atoms with Crippen LogP contribution in [0, 0.1) is 23.2 Å². The number of hydrogen-bond acceptors (Lipinski definition) is 7. The molecule has 2 aromatic carbocycles. The van der Waals surface area contributed by atoms with E-state index in [2.05, 4.69) is 33.4 Å². The topological polar surface area (TPSA) is 102 Å². The summed E-state index contributed by atoms with van der Waals surface area (Å²) in [5, 5.41) is 0. The molecule has 1 saturated heterocycles. The van der Waals surface area contributed by atoms with E-state index >= 15 is 0 Å². The van der Waals surface area contributed by atoms with Gasteiger partial charge in [-0.15, -0.1) is 6.58 Å². The monoisotopic (exact) mass is 644 g/mol. The third-order valence-corrected chi connectivity index (χ3v) is 15.6.